The van der Waals surface area contributed by atoms with E-state index in [1.165, 1.54) is 0 Å². The molecular formula is C18H21FN4O3. The van der Waals surface area contributed by atoms with Gasteiger partial charge >= 0.3 is 6.09 Å². The van der Waals surface area contributed by atoms with Gasteiger partial charge in [0.1, 0.15) is 17.4 Å². The Morgan fingerprint density at radius 3 is 2.73 bits per heavy atom. The molecule has 1 unspecified atom stereocenters. The third-order valence-electron chi connectivity index (χ3n) is 4.90. The Morgan fingerprint density at radius 1 is 1.35 bits per heavy atom. The van der Waals surface area contributed by atoms with Crippen molar-refractivity contribution in [1.82, 2.24) is 19.9 Å². The van der Waals surface area contributed by atoms with Crippen LogP contribution in [-0.4, -0.2) is 51.0 Å². The van der Waals surface area contributed by atoms with Gasteiger partial charge in [-0.3, -0.25) is 0 Å². The van der Waals surface area contributed by atoms with Gasteiger partial charge in [0.25, 0.3) is 0 Å². The van der Waals surface area contributed by atoms with E-state index >= 15 is 0 Å². The summed E-state index contributed by atoms with van der Waals surface area (Å²) < 4.78 is 21.8. The highest BCUT2D eigenvalue weighted by Gasteiger charge is 2.37. The highest BCUT2D eigenvalue weighted by molar-refractivity contribution is 5.79. The smallest absolute Gasteiger partial charge is 0.410 e. The zero-order valence-corrected chi connectivity index (χ0v) is 15.0. The lowest BCUT2D eigenvalue weighted by Gasteiger charge is -2.39. The van der Waals surface area contributed by atoms with Gasteiger partial charge in [-0.25, -0.2) is 13.9 Å². The number of halogens is 1. The maximum absolute atomic E-state index is 14.8. The van der Waals surface area contributed by atoms with Crippen LogP contribution in [0.3, 0.4) is 0 Å². The van der Waals surface area contributed by atoms with Crippen LogP contribution in [0.1, 0.15) is 37.9 Å². The van der Waals surface area contributed by atoms with Crippen LogP contribution < -0.4 is 0 Å². The van der Waals surface area contributed by atoms with Crippen LogP contribution in [0, 0.1) is 11.7 Å². The van der Waals surface area contributed by atoms with E-state index < -0.39 is 5.60 Å². The number of aldehydes is 1. The Hall–Kier alpha value is -2.51. The summed E-state index contributed by atoms with van der Waals surface area (Å²) >= 11 is 0. The average molecular weight is 360 g/mol. The van der Waals surface area contributed by atoms with Crippen molar-refractivity contribution in [2.24, 2.45) is 5.92 Å². The van der Waals surface area contributed by atoms with Crippen molar-refractivity contribution in [3.05, 3.63) is 23.0 Å². The summed E-state index contributed by atoms with van der Waals surface area (Å²) in [5.41, 5.74) is 1.72. The molecule has 1 aliphatic heterocycles. The number of nitrogens with zero attached hydrogens (tertiary/aromatic N) is 4. The fraction of sp³-hybridized carbons (Fsp3) is 0.556. The first-order chi connectivity index (χ1) is 12.3. The van der Waals surface area contributed by atoms with Gasteiger partial charge in [0, 0.05) is 19.0 Å². The number of likely N-dealkylation sites (tertiary alicyclic amines) is 1. The van der Waals surface area contributed by atoms with Gasteiger partial charge in [0.2, 0.25) is 0 Å². The number of rotatable bonds is 2. The van der Waals surface area contributed by atoms with Crippen molar-refractivity contribution in [3.8, 4) is 0 Å². The number of aromatic nitrogens is 3. The zero-order chi connectivity index (χ0) is 18.6. The summed E-state index contributed by atoms with van der Waals surface area (Å²) in [5.74, 6) is -0.546. The quantitative estimate of drug-likeness (QED) is 0.768. The summed E-state index contributed by atoms with van der Waals surface area (Å²) in [6, 6.07) is 1.82. The molecule has 1 aromatic heterocycles. The first kappa shape index (κ1) is 16.9. The molecule has 1 aliphatic carbocycles. The molecule has 2 aromatic rings. The van der Waals surface area contributed by atoms with Crippen molar-refractivity contribution >= 4 is 23.4 Å². The van der Waals surface area contributed by atoms with Gasteiger partial charge in [0.05, 0.1) is 11.6 Å². The van der Waals surface area contributed by atoms with E-state index in [4.69, 9.17) is 4.74 Å². The summed E-state index contributed by atoms with van der Waals surface area (Å²) in [4.78, 5) is 24.7. The highest BCUT2D eigenvalue weighted by atomic mass is 19.1. The summed E-state index contributed by atoms with van der Waals surface area (Å²) in [6.07, 6.45) is 1.49. The fourth-order valence-corrected chi connectivity index (χ4v) is 3.60. The maximum atomic E-state index is 14.8. The lowest BCUT2D eigenvalue weighted by atomic mass is 10.1. The van der Waals surface area contributed by atoms with E-state index in [0.29, 0.717) is 37.0 Å². The second-order valence-electron chi connectivity index (χ2n) is 8.07. The monoisotopic (exact) mass is 360 g/mol. The van der Waals surface area contributed by atoms with Crippen LogP contribution in [0.2, 0.25) is 0 Å². The molecule has 2 heterocycles. The van der Waals surface area contributed by atoms with E-state index in [2.05, 4.69) is 10.3 Å². The fourth-order valence-electron chi connectivity index (χ4n) is 3.60. The predicted octanol–water partition coefficient (Wildman–Crippen LogP) is 2.28. The minimum atomic E-state index is -0.541. The Kier molecular flexibility index (Phi) is 3.75. The summed E-state index contributed by atoms with van der Waals surface area (Å²) in [6.45, 7) is 6.36. The normalized spacial score (nSPS) is 20.2. The first-order valence-corrected chi connectivity index (χ1v) is 8.75. The highest BCUT2D eigenvalue weighted by Crippen LogP contribution is 2.34. The van der Waals surface area contributed by atoms with Crippen molar-refractivity contribution in [3.63, 3.8) is 0 Å². The maximum Gasteiger partial charge on any atom is 0.410 e. The van der Waals surface area contributed by atoms with Gasteiger partial charge in [-0.2, -0.15) is 0 Å². The molecule has 1 amide bonds. The van der Waals surface area contributed by atoms with Crippen LogP contribution >= 0.6 is 0 Å². The van der Waals surface area contributed by atoms with Gasteiger partial charge in [0.15, 0.2) is 5.82 Å². The Bertz CT molecular complexity index is 896. The molecule has 0 bridgehead atoms. The molecule has 0 saturated carbocycles. The van der Waals surface area contributed by atoms with Crippen LogP contribution in [0.15, 0.2) is 6.07 Å². The molecule has 8 heteroatoms. The largest absolute Gasteiger partial charge is 0.444 e. The number of carbonyl (C=O) groups excluding carboxylic acids is 2. The molecule has 7 nitrogen and oxygen atoms in total. The number of amides is 1. The van der Waals surface area contributed by atoms with Crippen molar-refractivity contribution < 1.29 is 18.7 Å². The van der Waals surface area contributed by atoms with Crippen LogP contribution in [0.5, 0.6) is 0 Å². The molecular weight excluding hydrogens is 339 g/mol. The van der Waals surface area contributed by atoms with Gasteiger partial charge in [-0.1, -0.05) is 5.21 Å². The number of ether oxygens (including phenoxy) is 1. The Morgan fingerprint density at radius 2 is 2.08 bits per heavy atom. The number of fused-ring (bicyclic) bond motifs is 2. The first-order valence-electron chi connectivity index (χ1n) is 8.75. The summed E-state index contributed by atoms with van der Waals surface area (Å²) in [7, 11) is 0. The van der Waals surface area contributed by atoms with E-state index in [9.17, 15) is 14.0 Å². The van der Waals surface area contributed by atoms with Gasteiger partial charge in [-0.05, 0) is 50.8 Å². The molecule has 2 aliphatic rings. The van der Waals surface area contributed by atoms with Crippen LogP contribution in [-0.2, 0) is 22.4 Å². The topological polar surface area (TPSA) is 77.3 Å². The SMILES string of the molecule is CC(C)(C)OC(=O)N1CC(n2nnc3c(F)c4c(cc32)CC(C=O)C4)C1. The van der Waals surface area contributed by atoms with Crippen molar-refractivity contribution in [2.75, 3.05) is 13.1 Å². The van der Waals surface area contributed by atoms with E-state index in [1.807, 2.05) is 26.8 Å². The number of hydrogen-bond donors (Lipinski definition) is 0. The van der Waals surface area contributed by atoms with E-state index in [0.717, 1.165) is 11.8 Å². The Labute approximate surface area is 150 Å². The van der Waals surface area contributed by atoms with Gasteiger partial charge < -0.3 is 14.4 Å². The summed E-state index contributed by atoms with van der Waals surface area (Å²) in [5, 5.41) is 8.10. The molecule has 1 fully saturated rings. The lowest BCUT2D eigenvalue weighted by molar-refractivity contribution is -0.110. The van der Waals surface area contributed by atoms with E-state index in [1.54, 1.807) is 9.58 Å². The molecule has 0 N–H and O–H groups in total. The minimum Gasteiger partial charge on any atom is -0.444 e. The third kappa shape index (κ3) is 2.73. The predicted molar refractivity (Wildman–Crippen MR) is 91.3 cm³/mol. The third-order valence-corrected chi connectivity index (χ3v) is 4.90. The molecule has 138 valence electrons. The molecule has 1 saturated heterocycles. The average Bonchev–Trinajstić information content (AvgIpc) is 3.09. The van der Waals surface area contributed by atoms with Crippen LogP contribution in [0.25, 0.3) is 11.0 Å². The Balaban J connectivity index is 1.56. The zero-order valence-electron chi connectivity index (χ0n) is 15.0. The second-order valence-corrected chi connectivity index (χ2v) is 8.07. The molecule has 26 heavy (non-hydrogen) atoms. The standard InChI is InChI=1S/C18H21FN4O3/c1-18(2,3)26-17(25)22-7-12(8-22)23-14-6-11-4-10(9-24)5-13(11)15(19)16(14)20-21-23/h6,9-10,12H,4-5,7-8H2,1-3H3. The molecule has 0 spiro atoms. The van der Waals surface area contributed by atoms with Crippen molar-refractivity contribution in [2.45, 2.75) is 45.3 Å². The molecule has 0 radical (unpaired) electrons. The number of hydrogen-bond acceptors (Lipinski definition) is 5. The molecule has 1 aromatic carbocycles. The minimum absolute atomic E-state index is 0.0618. The second kappa shape index (κ2) is 5.75. The van der Waals surface area contributed by atoms with E-state index in [-0.39, 0.29) is 29.4 Å². The molecule has 4 rings (SSSR count). The lowest BCUT2D eigenvalue weighted by Crippen LogP contribution is -2.52. The molecule has 1 atom stereocenters. The van der Waals surface area contributed by atoms with Gasteiger partial charge in [-0.15, -0.1) is 5.10 Å². The number of benzene rings is 1. The number of carbonyl (C=O) groups is 2. The van der Waals surface area contributed by atoms with Crippen LogP contribution in [0.4, 0.5) is 9.18 Å². The van der Waals surface area contributed by atoms with Crippen molar-refractivity contribution in [1.29, 1.82) is 0 Å².